The highest BCUT2D eigenvalue weighted by atomic mass is 79.9. The first kappa shape index (κ1) is 12.4. The Labute approximate surface area is 114 Å². The molecule has 90 valence electrons. The summed E-state index contributed by atoms with van der Waals surface area (Å²) < 4.78 is 1.02. The largest absolute Gasteiger partial charge is 0.397 e. The minimum atomic E-state index is 0.446. The number of nitrogens with two attached hydrogens (primary N) is 1. The summed E-state index contributed by atoms with van der Waals surface area (Å²) in [6.07, 6.45) is 1.53. The molecule has 0 aliphatic heterocycles. The molecule has 0 aliphatic carbocycles. The number of hydrogen-bond acceptors (Lipinski definition) is 4. The third-order valence-electron chi connectivity index (χ3n) is 2.43. The fourth-order valence-electron chi connectivity index (χ4n) is 1.53. The molecular weight excluding hydrogens is 292 g/mol. The number of rotatable bonds is 3. The number of nitrogen functional groups attached to an aromatic ring is 1. The molecule has 0 bridgehead atoms. The van der Waals surface area contributed by atoms with Crippen molar-refractivity contribution in [3.05, 3.63) is 52.1 Å². The number of anilines is 2. The minimum Gasteiger partial charge on any atom is -0.397 e. The van der Waals surface area contributed by atoms with E-state index in [4.69, 9.17) is 11.0 Å². The van der Waals surface area contributed by atoms with Crippen LogP contribution in [0.3, 0.4) is 0 Å². The first-order chi connectivity index (χ1) is 8.70. The molecule has 3 N–H and O–H groups in total. The molecule has 2 aromatic rings. The monoisotopic (exact) mass is 302 g/mol. The van der Waals surface area contributed by atoms with Crippen LogP contribution in [0, 0.1) is 11.3 Å². The van der Waals surface area contributed by atoms with Gasteiger partial charge in [-0.15, -0.1) is 0 Å². The SMILES string of the molecule is N#Cc1cc(N)cnc1NCc1ccccc1Br. The molecule has 0 unspecified atom stereocenters. The van der Waals surface area contributed by atoms with Crippen molar-refractivity contribution in [1.82, 2.24) is 4.98 Å². The number of nitrogens with zero attached hydrogens (tertiary/aromatic N) is 2. The van der Waals surface area contributed by atoms with E-state index >= 15 is 0 Å². The normalized spacial score (nSPS) is 9.78. The first-order valence-corrected chi connectivity index (χ1v) is 6.13. The second-order valence-corrected chi connectivity index (χ2v) is 4.58. The predicted molar refractivity (Wildman–Crippen MR) is 74.8 cm³/mol. The molecule has 18 heavy (non-hydrogen) atoms. The lowest BCUT2D eigenvalue weighted by Gasteiger charge is -2.09. The van der Waals surface area contributed by atoms with Gasteiger partial charge in [0.15, 0.2) is 0 Å². The van der Waals surface area contributed by atoms with Crippen LogP contribution < -0.4 is 11.1 Å². The van der Waals surface area contributed by atoms with E-state index in [0.717, 1.165) is 10.0 Å². The maximum atomic E-state index is 9.00. The number of pyridine rings is 1. The van der Waals surface area contributed by atoms with Gasteiger partial charge < -0.3 is 11.1 Å². The van der Waals surface area contributed by atoms with Crippen LogP contribution >= 0.6 is 15.9 Å². The van der Waals surface area contributed by atoms with E-state index in [1.807, 2.05) is 24.3 Å². The van der Waals surface area contributed by atoms with Gasteiger partial charge in [0.05, 0.1) is 17.4 Å². The van der Waals surface area contributed by atoms with Gasteiger partial charge in [0, 0.05) is 11.0 Å². The van der Waals surface area contributed by atoms with Crippen molar-refractivity contribution in [1.29, 1.82) is 5.26 Å². The fourth-order valence-corrected chi connectivity index (χ4v) is 1.95. The Morgan fingerprint density at radius 2 is 2.17 bits per heavy atom. The van der Waals surface area contributed by atoms with Crippen molar-refractivity contribution in [2.45, 2.75) is 6.54 Å². The molecule has 1 aromatic heterocycles. The molecule has 0 fully saturated rings. The van der Waals surface area contributed by atoms with Crippen LogP contribution in [0.15, 0.2) is 41.0 Å². The third kappa shape index (κ3) is 2.79. The topological polar surface area (TPSA) is 74.7 Å². The highest BCUT2D eigenvalue weighted by Crippen LogP contribution is 2.19. The van der Waals surface area contributed by atoms with Gasteiger partial charge >= 0.3 is 0 Å². The third-order valence-corrected chi connectivity index (χ3v) is 3.21. The van der Waals surface area contributed by atoms with Gasteiger partial charge in [0.25, 0.3) is 0 Å². The van der Waals surface area contributed by atoms with Crippen LogP contribution in [0.1, 0.15) is 11.1 Å². The van der Waals surface area contributed by atoms with E-state index < -0.39 is 0 Å². The number of hydrogen-bond donors (Lipinski definition) is 2. The van der Waals surface area contributed by atoms with Gasteiger partial charge in [0.2, 0.25) is 0 Å². The molecule has 0 saturated carbocycles. The minimum absolute atomic E-state index is 0.446. The Morgan fingerprint density at radius 1 is 1.39 bits per heavy atom. The highest BCUT2D eigenvalue weighted by molar-refractivity contribution is 9.10. The molecule has 2 rings (SSSR count). The predicted octanol–water partition coefficient (Wildman–Crippen LogP) is 2.91. The lowest BCUT2D eigenvalue weighted by Crippen LogP contribution is -2.04. The highest BCUT2D eigenvalue weighted by Gasteiger charge is 2.05. The van der Waals surface area contributed by atoms with E-state index in [1.54, 1.807) is 6.07 Å². The molecule has 1 heterocycles. The summed E-state index contributed by atoms with van der Waals surface area (Å²) in [7, 11) is 0. The molecule has 0 amide bonds. The van der Waals surface area contributed by atoms with Crippen LogP contribution in [0.25, 0.3) is 0 Å². The Hall–Kier alpha value is -2.06. The van der Waals surface area contributed by atoms with E-state index in [2.05, 4.69) is 32.3 Å². The van der Waals surface area contributed by atoms with E-state index in [-0.39, 0.29) is 0 Å². The van der Waals surface area contributed by atoms with E-state index in [9.17, 15) is 0 Å². The summed E-state index contributed by atoms with van der Waals surface area (Å²) in [6, 6.07) is 11.6. The lowest BCUT2D eigenvalue weighted by molar-refractivity contribution is 1.10. The molecule has 4 nitrogen and oxygen atoms in total. The Bertz CT molecular complexity index is 604. The summed E-state index contributed by atoms with van der Waals surface area (Å²) >= 11 is 3.47. The lowest BCUT2D eigenvalue weighted by atomic mass is 10.2. The van der Waals surface area contributed by atoms with Crippen molar-refractivity contribution < 1.29 is 0 Å². The van der Waals surface area contributed by atoms with Crippen molar-refractivity contribution in [3.8, 4) is 6.07 Å². The molecule has 0 atom stereocenters. The molecular formula is C13H11BrN4. The van der Waals surface area contributed by atoms with Gasteiger partial charge in [-0.2, -0.15) is 5.26 Å². The van der Waals surface area contributed by atoms with Gasteiger partial charge in [0.1, 0.15) is 11.9 Å². The fraction of sp³-hybridized carbons (Fsp3) is 0.0769. The van der Waals surface area contributed by atoms with Gasteiger partial charge in [-0.3, -0.25) is 0 Å². The zero-order chi connectivity index (χ0) is 13.0. The smallest absolute Gasteiger partial charge is 0.144 e. The maximum Gasteiger partial charge on any atom is 0.144 e. The standard InChI is InChI=1S/C13H11BrN4/c14-12-4-2-1-3-9(12)7-17-13-10(6-15)5-11(16)8-18-13/h1-5,8H,7,16H2,(H,17,18). The molecule has 0 aliphatic rings. The van der Waals surface area contributed by atoms with Crippen LogP contribution in [0.5, 0.6) is 0 Å². The molecule has 5 heteroatoms. The molecule has 1 aromatic carbocycles. The number of nitrogens with one attached hydrogen (secondary N) is 1. The Morgan fingerprint density at radius 3 is 2.89 bits per heavy atom. The number of aromatic nitrogens is 1. The Kier molecular flexibility index (Phi) is 3.80. The van der Waals surface area contributed by atoms with Crippen molar-refractivity contribution in [3.63, 3.8) is 0 Å². The summed E-state index contributed by atoms with van der Waals surface area (Å²) in [5.41, 5.74) is 7.61. The summed E-state index contributed by atoms with van der Waals surface area (Å²) in [5.74, 6) is 0.544. The molecule has 0 saturated heterocycles. The average Bonchev–Trinajstić information content (AvgIpc) is 2.39. The van der Waals surface area contributed by atoms with Gasteiger partial charge in [-0.1, -0.05) is 34.1 Å². The van der Waals surface area contributed by atoms with Crippen molar-refractivity contribution in [2.75, 3.05) is 11.1 Å². The van der Waals surface area contributed by atoms with Gasteiger partial charge in [-0.25, -0.2) is 4.98 Å². The van der Waals surface area contributed by atoms with Crippen LogP contribution in [0.4, 0.5) is 11.5 Å². The quantitative estimate of drug-likeness (QED) is 0.914. The Balaban J connectivity index is 2.16. The van der Waals surface area contributed by atoms with Gasteiger partial charge in [-0.05, 0) is 17.7 Å². The van der Waals surface area contributed by atoms with Crippen LogP contribution in [-0.2, 0) is 6.54 Å². The zero-order valence-corrected chi connectivity index (χ0v) is 11.1. The van der Waals surface area contributed by atoms with E-state index in [1.165, 1.54) is 6.20 Å². The van der Waals surface area contributed by atoms with Crippen molar-refractivity contribution >= 4 is 27.4 Å². The van der Waals surface area contributed by atoms with E-state index in [0.29, 0.717) is 23.6 Å². The second kappa shape index (κ2) is 5.52. The van der Waals surface area contributed by atoms with Crippen LogP contribution in [0.2, 0.25) is 0 Å². The van der Waals surface area contributed by atoms with Crippen molar-refractivity contribution in [2.24, 2.45) is 0 Å². The molecule has 0 spiro atoms. The second-order valence-electron chi connectivity index (χ2n) is 3.72. The summed E-state index contributed by atoms with van der Waals surface area (Å²) in [6.45, 7) is 0.590. The number of benzene rings is 1. The summed E-state index contributed by atoms with van der Waals surface area (Å²) in [5, 5.41) is 12.1. The molecule has 0 radical (unpaired) electrons. The average molecular weight is 303 g/mol. The zero-order valence-electron chi connectivity index (χ0n) is 9.52. The maximum absolute atomic E-state index is 9.00. The first-order valence-electron chi connectivity index (χ1n) is 5.33. The summed E-state index contributed by atoms with van der Waals surface area (Å²) in [4.78, 5) is 4.12. The number of halogens is 1. The number of nitriles is 1. The van der Waals surface area contributed by atoms with Crippen LogP contribution in [-0.4, -0.2) is 4.98 Å².